The van der Waals surface area contributed by atoms with Gasteiger partial charge in [0.2, 0.25) is 0 Å². The summed E-state index contributed by atoms with van der Waals surface area (Å²) < 4.78 is 34.7. The smallest absolute Gasteiger partial charge is 0.142 e. The van der Waals surface area contributed by atoms with Gasteiger partial charge < -0.3 is 4.74 Å². The van der Waals surface area contributed by atoms with Crippen LogP contribution in [0.25, 0.3) is 0 Å². The van der Waals surface area contributed by atoms with E-state index in [9.17, 15) is 13.9 Å². The SMILES string of the molecule is COc1cccc(C(NS(=O)C(C)(C)C)c2cc(Cl)cc(F)c2C#N)c1. The van der Waals surface area contributed by atoms with Crippen molar-refractivity contribution in [2.24, 2.45) is 0 Å². The summed E-state index contributed by atoms with van der Waals surface area (Å²) in [5.74, 6) is -0.122. The van der Waals surface area contributed by atoms with Crippen molar-refractivity contribution in [3.05, 3.63) is 63.9 Å². The molecule has 0 amide bonds. The van der Waals surface area contributed by atoms with Crippen molar-refractivity contribution in [3.8, 4) is 11.8 Å². The Balaban J connectivity index is 2.65. The predicted octanol–water partition coefficient (Wildman–Crippen LogP) is 4.50. The lowest BCUT2D eigenvalue weighted by Gasteiger charge is -2.26. The summed E-state index contributed by atoms with van der Waals surface area (Å²) in [6.07, 6.45) is 0. The second-order valence-corrected chi connectivity index (χ2v) is 9.11. The van der Waals surface area contributed by atoms with Crippen LogP contribution in [0.2, 0.25) is 5.02 Å². The minimum atomic E-state index is -1.47. The first-order valence-corrected chi connectivity index (χ1v) is 9.41. The highest BCUT2D eigenvalue weighted by atomic mass is 35.5. The Hall–Kier alpha value is -1.94. The number of rotatable bonds is 5. The summed E-state index contributed by atoms with van der Waals surface area (Å²) >= 11 is 6.02. The van der Waals surface area contributed by atoms with Crippen molar-refractivity contribution < 1.29 is 13.3 Å². The van der Waals surface area contributed by atoms with Crippen LogP contribution in [0, 0.1) is 17.1 Å². The lowest BCUT2D eigenvalue weighted by atomic mass is 9.95. The molecule has 0 bridgehead atoms. The third-order valence-corrected chi connectivity index (χ3v) is 5.50. The van der Waals surface area contributed by atoms with Gasteiger partial charge in [-0.3, -0.25) is 0 Å². The summed E-state index contributed by atoms with van der Waals surface area (Å²) in [4.78, 5) is 0. The molecule has 138 valence electrons. The predicted molar refractivity (Wildman–Crippen MR) is 102 cm³/mol. The van der Waals surface area contributed by atoms with Gasteiger partial charge >= 0.3 is 0 Å². The fourth-order valence-electron chi connectivity index (χ4n) is 2.36. The average Bonchev–Trinajstić information content (AvgIpc) is 2.58. The highest BCUT2D eigenvalue weighted by Gasteiger charge is 2.27. The third kappa shape index (κ3) is 4.61. The molecular weight excluding hydrogens is 375 g/mol. The minimum absolute atomic E-state index is 0.138. The fourth-order valence-corrected chi connectivity index (χ4v) is 3.40. The van der Waals surface area contributed by atoms with E-state index in [1.807, 2.05) is 26.8 Å². The van der Waals surface area contributed by atoms with E-state index in [2.05, 4.69) is 4.72 Å². The standard InChI is InChI=1S/C19H20ClFN2O2S/c1-19(2,3)26(24)23-18(12-6-5-7-14(8-12)25-4)15-9-13(20)10-17(21)16(15)11-22/h5-10,18,23H,1-4H3. The molecule has 2 aromatic rings. The second kappa shape index (κ2) is 8.17. The Bertz CT molecular complexity index is 875. The Kier molecular flexibility index (Phi) is 6.40. The van der Waals surface area contributed by atoms with Crippen molar-refractivity contribution in [2.45, 2.75) is 31.6 Å². The van der Waals surface area contributed by atoms with Gasteiger partial charge in [-0.05, 0) is 56.2 Å². The number of benzene rings is 2. The van der Waals surface area contributed by atoms with Gasteiger partial charge in [0.15, 0.2) is 0 Å². The highest BCUT2D eigenvalue weighted by Crippen LogP contribution is 2.32. The zero-order chi connectivity index (χ0) is 19.5. The molecule has 0 saturated heterocycles. The Morgan fingerprint density at radius 2 is 2.00 bits per heavy atom. The maximum atomic E-state index is 14.3. The summed E-state index contributed by atoms with van der Waals surface area (Å²) in [5.41, 5.74) is 0.865. The maximum absolute atomic E-state index is 14.3. The third-order valence-electron chi connectivity index (χ3n) is 3.72. The molecule has 0 aliphatic carbocycles. The molecule has 2 unspecified atom stereocenters. The van der Waals surface area contributed by atoms with Crippen LogP contribution >= 0.6 is 11.6 Å². The van der Waals surface area contributed by atoms with Gasteiger partial charge in [-0.25, -0.2) is 13.3 Å². The normalized spacial score (nSPS) is 13.7. The van der Waals surface area contributed by atoms with Crippen molar-refractivity contribution in [2.75, 3.05) is 7.11 Å². The van der Waals surface area contributed by atoms with Gasteiger partial charge in [0.1, 0.15) is 17.6 Å². The van der Waals surface area contributed by atoms with Gasteiger partial charge in [0, 0.05) is 5.02 Å². The number of ether oxygens (including phenoxy) is 1. The molecular formula is C19H20ClFN2O2S. The number of nitrogens with one attached hydrogen (secondary N) is 1. The van der Waals surface area contributed by atoms with Crippen molar-refractivity contribution in [1.82, 2.24) is 4.72 Å². The van der Waals surface area contributed by atoms with Crippen LogP contribution in [0.5, 0.6) is 5.75 Å². The van der Waals surface area contributed by atoms with Crippen LogP contribution in [0.15, 0.2) is 36.4 Å². The van der Waals surface area contributed by atoms with Gasteiger partial charge in [-0.2, -0.15) is 5.26 Å². The van der Waals surface area contributed by atoms with Crippen LogP contribution in [0.3, 0.4) is 0 Å². The number of halogens is 2. The van der Waals surface area contributed by atoms with Gasteiger partial charge in [0.25, 0.3) is 0 Å². The zero-order valence-corrected chi connectivity index (χ0v) is 16.5. The van der Waals surface area contributed by atoms with Crippen LogP contribution in [-0.4, -0.2) is 16.1 Å². The number of methoxy groups -OCH3 is 1. The molecule has 0 saturated carbocycles. The van der Waals surface area contributed by atoms with Crippen LogP contribution < -0.4 is 9.46 Å². The number of nitriles is 1. The van der Waals surface area contributed by atoms with Crippen LogP contribution in [0.4, 0.5) is 4.39 Å². The van der Waals surface area contributed by atoms with Crippen molar-refractivity contribution in [1.29, 1.82) is 5.26 Å². The van der Waals surface area contributed by atoms with E-state index in [0.29, 0.717) is 16.9 Å². The number of nitrogens with zero attached hydrogens (tertiary/aromatic N) is 1. The van der Waals surface area contributed by atoms with Gasteiger partial charge in [-0.15, -0.1) is 0 Å². The van der Waals surface area contributed by atoms with Crippen molar-refractivity contribution >= 4 is 22.6 Å². The largest absolute Gasteiger partial charge is 0.497 e. The lowest BCUT2D eigenvalue weighted by Crippen LogP contribution is -2.36. The highest BCUT2D eigenvalue weighted by molar-refractivity contribution is 7.84. The van der Waals surface area contributed by atoms with Crippen LogP contribution in [-0.2, 0) is 11.0 Å². The Labute approximate surface area is 160 Å². The van der Waals surface area contributed by atoms with E-state index in [-0.39, 0.29) is 10.6 Å². The van der Waals surface area contributed by atoms with E-state index < -0.39 is 27.6 Å². The minimum Gasteiger partial charge on any atom is -0.497 e. The lowest BCUT2D eigenvalue weighted by molar-refractivity contribution is 0.414. The molecule has 7 heteroatoms. The fraction of sp³-hybridized carbons (Fsp3) is 0.316. The first-order chi connectivity index (χ1) is 12.2. The Morgan fingerprint density at radius 1 is 1.31 bits per heavy atom. The maximum Gasteiger partial charge on any atom is 0.142 e. The Morgan fingerprint density at radius 3 is 2.58 bits per heavy atom. The van der Waals surface area contributed by atoms with Gasteiger partial charge in [0.05, 0.1) is 34.4 Å². The molecule has 0 heterocycles. The topological polar surface area (TPSA) is 62.1 Å². The molecule has 1 N–H and O–H groups in total. The molecule has 0 fully saturated rings. The average molecular weight is 395 g/mol. The summed E-state index contributed by atoms with van der Waals surface area (Å²) in [6.45, 7) is 5.47. The first-order valence-electron chi connectivity index (χ1n) is 7.88. The molecule has 26 heavy (non-hydrogen) atoms. The first kappa shape index (κ1) is 20.4. The molecule has 0 aliphatic heterocycles. The second-order valence-electron chi connectivity index (χ2n) is 6.67. The molecule has 0 aromatic heterocycles. The van der Waals surface area contributed by atoms with Crippen LogP contribution in [0.1, 0.15) is 43.5 Å². The number of hydrogen-bond donors (Lipinski definition) is 1. The monoisotopic (exact) mass is 394 g/mol. The number of hydrogen-bond acceptors (Lipinski definition) is 3. The molecule has 4 nitrogen and oxygen atoms in total. The summed E-state index contributed by atoms with van der Waals surface area (Å²) in [7, 11) is 0.0701. The van der Waals surface area contributed by atoms with E-state index in [4.69, 9.17) is 16.3 Å². The summed E-state index contributed by atoms with van der Waals surface area (Å²) in [5, 5.41) is 9.58. The molecule has 2 rings (SSSR count). The van der Waals surface area contributed by atoms with E-state index >= 15 is 0 Å². The molecule has 2 atom stereocenters. The molecule has 0 spiro atoms. The van der Waals surface area contributed by atoms with E-state index in [0.717, 1.165) is 6.07 Å². The zero-order valence-electron chi connectivity index (χ0n) is 15.0. The quantitative estimate of drug-likeness (QED) is 0.812. The van der Waals surface area contributed by atoms with Gasteiger partial charge in [-0.1, -0.05) is 23.7 Å². The molecule has 0 aliphatic rings. The van der Waals surface area contributed by atoms with E-state index in [1.54, 1.807) is 24.3 Å². The molecule has 2 aromatic carbocycles. The van der Waals surface area contributed by atoms with Crippen molar-refractivity contribution in [3.63, 3.8) is 0 Å². The summed E-state index contributed by atoms with van der Waals surface area (Å²) in [6, 6.07) is 10.9. The molecule has 0 radical (unpaired) electrons. The van der Waals surface area contributed by atoms with E-state index in [1.165, 1.54) is 13.2 Å².